The summed E-state index contributed by atoms with van der Waals surface area (Å²) >= 11 is 0. The number of hydrogen-bond acceptors (Lipinski definition) is 4. The van der Waals surface area contributed by atoms with Gasteiger partial charge in [0.15, 0.2) is 0 Å². The Morgan fingerprint density at radius 1 is 1.00 bits per heavy atom. The summed E-state index contributed by atoms with van der Waals surface area (Å²) in [6.07, 6.45) is 1.26. The van der Waals surface area contributed by atoms with Crippen molar-refractivity contribution in [2.24, 2.45) is 0 Å². The SMILES string of the molecule is CCCN1CCN(c2ccccc2CN2CCNC(C)(C)C2)CC1. The molecule has 0 bridgehead atoms. The van der Waals surface area contributed by atoms with Crippen LogP contribution in [0.2, 0.25) is 0 Å². The number of para-hydroxylation sites is 1. The van der Waals surface area contributed by atoms with Crippen LogP contribution in [0.3, 0.4) is 0 Å². The van der Waals surface area contributed by atoms with Crippen LogP contribution in [0.4, 0.5) is 5.69 Å². The van der Waals surface area contributed by atoms with Gasteiger partial charge in [0, 0.05) is 63.6 Å². The number of benzene rings is 1. The Morgan fingerprint density at radius 3 is 2.46 bits per heavy atom. The number of hydrogen-bond donors (Lipinski definition) is 1. The van der Waals surface area contributed by atoms with E-state index in [1.54, 1.807) is 0 Å². The molecule has 3 rings (SSSR count). The molecule has 24 heavy (non-hydrogen) atoms. The van der Waals surface area contributed by atoms with Gasteiger partial charge < -0.3 is 10.2 Å². The van der Waals surface area contributed by atoms with Crippen LogP contribution in [0.15, 0.2) is 24.3 Å². The molecule has 4 heteroatoms. The van der Waals surface area contributed by atoms with E-state index in [9.17, 15) is 0 Å². The minimum Gasteiger partial charge on any atom is -0.369 e. The minimum atomic E-state index is 0.221. The average Bonchev–Trinajstić information content (AvgIpc) is 2.56. The topological polar surface area (TPSA) is 21.8 Å². The van der Waals surface area contributed by atoms with Crippen LogP contribution < -0.4 is 10.2 Å². The molecule has 0 saturated carbocycles. The Kier molecular flexibility index (Phi) is 5.80. The molecule has 134 valence electrons. The lowest BCUT2D eigenvalue weighted by Crippen LogP contribution is -2.56. The molecule has 0 amide bonds. The van der Waals surface area contributed by atoms with E-state index < -0.39 is 0 Å². The second-order valence-electron chi connectivity index (χ2n) is 7.98. The monoisotopic (exact) mass is 330 g/mol. The third-order valence-electron chi connectivity index (χ3n) is 5.29. The molecule has 0 radical (unpaired) electrons. The standard InChI is InChI=1S/C20H34N4/c1-4-10-22-12-14-24(15-13-22)19-8-6-5-7-18(19)16-23-11-9-21-20(2,3)17-23/h5-8,21H,4,9-17H2,1-3H3. The van der Waals surface area contributed by atoms with Gasteiger partial charge in [-0.05, 0) is 38.4 Å². The summed E-state index contributed by atoms with van der Waals surface area (Å²) in [5.41, 5.74) is 3.16. The maximum absolute atomic E-state index is 3.61. The quantitative estimate of drug-likeness (QED) is 0.895. The van der Waals surface area contributed by atoms with Gasteiger partial charge in [-0.2, -0.15) is 0 Å². The van der Waals surface area contributed by atoms with Crippen LogP contribution >= 0.6 is 0 Å². The lowest BCUT2D eigenvalue weighted by Gasteiger charge is -2.40. The molecule has 0 aliphatic carbocycles. The number of rotatable bonds is 5. The highest BCUT2D eigenvalue weighted by atomic mass is 15.3. The molecule has 0 aromatic heterocycles. The Bertz CT molecular complexity index is 520. The molecular weight excluding hydrogens is 296 g/mol. The Balaban J connectivity index is 1.65. The van der Waals surface area contributed by atoms with E-state index in [4.69, 9.17) is 0 Å². The molecule has 2 fully saturated rings. The maximum atomic E-state index is 3.61. The van der Waals surface area contributed by atoms with E-state index >= 15 is 0 Å². The fourth-order valence-electron chi connectivity index (χ4n) is 4.10. The van der Waals surface area contributed by atoms with Crippen LogP contribution in [0.5, 0.6) is 0 Å². The predicted octanol–water partition coefficient (Wildman–Crippen LogP) is 2.40. The van der Waals surface area contributed by atoms with Gasteiger partial charge in [0.1, 0.15) is 0 Å². The zero-order chi connectivity index (χ0) is 17.0. The van der Waals surface area contributed by atoms with Gasteiger partial charge in [-0.1, -0.05) is 25.1 Å². The van der Waals surface area contributed by atoms with E-state index in [0.29, 0.717) is 0 Å². The highest BCUT2D eigenvalue weighted by Gasteiger charge is 2.26. The zero-order valence-corrected chi connectivity index (χ0v) is 15.7. The molecule has 2 aliphatic heterocycles. The van der Waals surface area contributed by atoms with Gasteiger partial charge in [-0.15, -0.1) is 0 Å². The number of anilines is 1. The van der Waals surface area contributed by atoms with Crippen LogP contribution in [0, 0.1) is 0 Å². The Hall–Kier alpha value is -1.10. The molecule has 2 aliphatic rings. The normalized spacial score (nSPS) is 22.7. The number of nitrogens with zero attached hydrogens (tertiary/aromatic N) is 3. The third kappa shape index (κ3) is 4.50. The molecule has 2 heterocycles. The number of piperazine rings is 2. The van der Waals surface area contributed by atoms with Gasteiger partial charge in [0.25, 0.3) is 0 Å². The lowest BCUT2D eigenvalue weighted by atomic mass is 10.0. The van der Waals surface area contributed by atoms with Crippen molar-refractivity contribution in [2.45, 2.75) is 39.3 Å². The first kappa shape index (κ1) is 17.7. The lowest BCUT2D eigenvalue weighted by molar-refractivity contribution is 0.148. The summed E-state index contributed by atoms with van der Waals surface area (Å²) in [7, 11) is 0. The first-order chi connectivity index (χ1) is 11.6. The van der Waals surface area contributed by atoms with Crippen molar-refractivity contribution in [1.29, 1.82) is 0 Å². The van der Waals surface area contributed by atoms with Gasteiger partial charge in [-0.3, -0.25) is 9.80 Å². The first-order valence-corrected chi connectivity index (χ1v) is 9.60. The molecule has 0 atom stereocenters. The highest BCUT2D eigenvalue weighted by Crippen LogP contribution is 2.24. The summed E-state index contributed by atoms with van der Waals surface area (Å²) in [4.78, 5) is 7.79. The summed E-state index contributed by atoms with van der Waals surface area (Å²) in [6, 6.07) is 9.03. The molecule has 1 N–H and O–H groups in total. The van der Waals surface area contributed by atoms with Crippen molar-refractivity contribution in [3.63, 3.8) is 0 Å². The van der Waals surface area contributed by atoms with Crippen molar-refractivity contribution < 1.29 is 0 Å². The van der Waals surface area contributed by atoms with Crippen molar-refractivity contribution in [1.82, 2.24) is 15.1 Å². The summed E-state index contributed by atoms with van der Waals surface area (Å²) < 4.78 is 0. The molecule has 0 unspecified atom stereocenters. The van der Waals surface area contributed by atoms with Crippen LogP contribution in [-0.2, 0) is 6.54 Å². The fourth-order valence-corrected chi connectivity index (χ4v) is 4.10. The predicted molar refractivity (Wildman–Crippen MR) is 103 cm³/mol. The average molecular weight is 331 g/mol. The smallest absolute Gasteiger partial charge is 0.0412 e. The van der Waals surface area contributed by atoms with Gasteiger partial charge in [-0.25, -0.2) is 0 Å². The third-order valence-corrected chi connectivity index (χ3v) is 5.29. The van der Waals surface area contributed by atoms with Crippen molar-refractivity contribution in [3.05, 3.63) is 29.8 Å². The summed E-state index contributed by atoms with van der Waals surface area (Å²) in [6.45, 7) is 17.2. The van der Waals surface area contributed by atoms with E-state index in [-0.39, 0.29) is 5.54 Å². The molecular formula is C20H34N4. The first-order valence-electron chi connectivity index (χ1n) is 9.60. The van der Waals surface area contributed by atoms with E-state index in [0.717, 1.165) is 39.3 Å². The molecule has 4 nitrogen and oxygen atoms in total. The van der Waals surface area contributed by atoms with Crippen LogP contribution in [0.25, 0.3) is 0 Å². The van der Waals surface area contributed by atoms with Crippen molar-refractivity contribution >= 4 is 5.69 Å². The van der Waals surface area contributed by atoms with E-state index in [1.807, 2.05) is 0 Å². The fraction of sp³-hybridized carbons (Fsp3) is 0.700. The van der Waals surface area contributed by atoms with E-state index in [1.165, 1.54) is 37.3 Å². The van der Waals surface area contributed by atoms with Crippen molar-refractivity contribution in [2.75, 3.05) is 57.3 Å². The number of nitrogens with one attached hydrogen (secondary N) is 1. The van der Waals surface area contributed by atoms with Gasteiger partial charge >= 0.3 is 0 Å². The Labute approximate surface area is 147 Å². The summed E-state index contributed by atoms with van der Waals surface area (Å²) in [5.74, 6) is 0. The zero-order valence-electron chi connectivity index (χ0n) is 15.7. The van der Waals surface area contributed by atoms with Crippen LogP contribution in [0.1, 0.15) is 32.8 Å². The highest BCUT2D eigenvalue weighted by molar-refractivity contribution is 5.54. The largest absolute Gasteiger partial charge is 0.369 e. The second kappa shape index (κ2) is 7.85. The minimum absolute atomic E-state index is 0.221. The molecule has 2 saturated heterocycles. The van der Waals surface area contributed by atoms with Crippen LogP contribution in [-0.4, -0.2) is 67.7 Å². The van der Waals surface area contributed by atoms with E-state index in [2.05, 4.69) is 65.1 Å². The van der Waals surface area contributed by atoms with Crippen molar-refractivity contribution in [3.8, 4) is 0 Å². The summed E-state index contributed by atoms with van der Waals surface area (Å²) in [5, 5.41) is 3.61. The molecule has 0 spiro atoms. The second-order valence-corrected chi connectivity index (χ2v) is 7.98. The molecule has 1 aromatic carbocycles. The maximum Gasteiger partial charge on any atom is 0.0412 e. The van der Waals surface area contributed by atoms with Gasteiger partial charge in [0.05, 0.1) is 0 Å². The Morgan fingerprint density at radius 2 is 1.75 bits per heavy atom. The van der Waals surface area contributed by atoms with Gasteiger partial charge in [0.2, 0.25) is 0 Å². The molecule has 1 aromatic rings.